The highest BCUT2D eigenvalue weighted by atomic mass is 16.3. The summed E-state index contributed by atoms with van der Waals surface area (Å²) < 4.78 is 0. The third kappa shape index (κ3) is 3.02. The smallest absolute Gasteiger partial charge is 0.135 e. The number of hydrogen-bond donors (Lipinski definition) is 1. The van der Waals surface area contributed by atoms with Crippen molar-refractivity contribution in [3.05, 3.63) is 0 Å². The summed E-state index contributed by atoms with van der Waals surface area (Å²) in [7, 11) is 0. The fourth-order valence-corrected chi connectivity index (χ4v) is 0.972. The third-order valence-electron chi connectivity index (χ3n) is 2.00. The van der Waals surface area contributed by atoms with Crippen molar-refractivity contribution < 1.29 is 9.90 Å². The highest BCUT2D eigenvalue weighted by Gasteiger charge is 2.29. The van der Waals surface area contributed by atoms with Gasteiger partial charge < -0.3 is 5.11 Å². The molecule has 11 heavy (non-hydrogen) atoms. The van der Waals surface area contributed by atoms with Gasteiger partial charge in [0, 0.05) is 5.92 Å². The van der Waals surface area contributed by atoms with E-state index in [2.05, 4.69) is 0 Å². The molecule has 0 aromatic rings. The summed E-state index contributed by atoms with van der Waals surface area (Å²) in [6.07, 6.45) is -0.542. The number of carbonyl (C=O) groups excluding carboxylic acids is 1. The second-order valence-corrected chi connectivity index (χ2v) is 4.21. The molecular formula is C9H18O2. The van der Waals surface area contributed by atoms with Crippen LogP contribution in [0.1, 0.15) is 34.6 Å². The molecule has 0 bridgehead atoms. The molecule has 1 N–H and O–H groups in total. The Morgan fingerprint density at radius 1 is 1.36 bits per heavy atom. The van der Waals surface area contributed by atoms with E-state index in [1.807, 2.05) is 20.8 Å². The minimum Gasteiger partial charge on any atom is -0.392 e. The Labute approximate surface area is 68.6 Å². The zero-order valence-electron chi connectivity index (χ0n) is 8.01. The predicted molar refractivity (Wildman–Crippen MR) is 45.3 cm³/mol. The second kappa shape index (κ2) is 3.35. The lowest BCUT2D eigenvalue weighted by Crippen LogP contribution is -2.35. The summed E-state index contributed by atoms with van der Waals surface area (Å²) in [6.45, 7) is 9.06. The quantitative estimate of drug-likeness (QED) is 0.663. The predicted octanol–water partition coefficient (Wildman–Crippen LogP) is 1.62. The first-order chi connectivity index (χ1) is 4.76. The number of Topliss-reactive ketones (excluding diaryl/α,β-unsaturated/α-hetero) is 1. The summed E-state index contributed by atoms with van der Waals surface area (Å²) in [6, 6.07) is 0. The van der Waals surface area contributed by atoms with Gasteiger partial charge in [-0.15, -0.1) is 0 Å². The van der Waals surface area contributed by atoms with E-state index in [9.17, 15) is 9.90 Å². The molecule has 0 radical (unpaired) electrons. The van der Waals surface area contributed by atoms with Crippen LogP contribution in [0.2, 0.25) is 0 Å². The number of carbonyl (C=O) groups is 1. The monoisotopic (exact) mass is 158 g/mol. The van der Waals surface area contributed by atoms with Crippen molar-refractivity contribution in [2.75, 3.05) is 0 Å². The van der Waals surface area contributed by atoms with Crippen molar-refractivity contribution in [2.24, 2.45) is 11.3 Å². The molecule has 0 saturated heterocycles. The van der Waals surface area contributed by atoms with Gasteiger partial charge in [-0.3, -0.25) is 4.79 Å². The molecule has 0 aliphatic rings. The van der Waals surface area contributed by atoms with E-state index >= 15 is 0 Å². The maximum absolute atomic E-state index is 10.9. The molecule has 0 fully saturated rings. The first-order valence-corrected chi connectivity index (χ1v) is 3.95. The number of aliphatic hydroxyl groups is 1. The van der Waals surface area contributed by atoms with Crippen LogP contribution in [0.25, 0.3) is 0 Å². The lowest BCUT2D eigenvalue weighted by Gasteiger charge is -2.29. The number of rotatable bonds is 2. The van der Waals surface area contributed by atoms with Crippen molar-refractivity contribution in [3.63, 3.8) is 0 Å². The maximum Gasteiger partial charge on any atom is 0.135 e. The van der Waals surface area contributed by atoms with E-state index < -0.39 is 6.10 Å². The van der Waals surface area contributed by atoms with Crippen LogP contribution in [0.4, 0.5) is 0 Å². The Morgan fingerprint density at radius 3 is 1.82 bits per heavy atom. The van der Waals surface area contributed by atoms with E-state index in [0.29, 0.717) is 0 Å². The molecule has 0 aliphatic heterocycles. The van der Waals surface area contributed by atoms with Crippen LogP contribution < -0.4 is 0 Å². The Morgan fingerprint density at radius 2 is 1.73 bits per heavy atom. The van der Waals surface area contributed by atoms with Crippen LogP contribution in [0.3, 0.4) is 0 Å². The van der Waals surface area contributed by atoms with E-state index in [1.165, 1.54) is 6.92 Å². The van der Waals surface area contributed by atoms with Gasteiger partial charge in [0.25, 0.3) is 0 Å². The van der Waals surface area contributed by atoms with Gasteiger partial charge in [-0.1, -0.05) is 27.7 Å². The molecule has 66 valence electrons. The van der Waals surface area contributed by atoms with Crippen LogP contribution in [-0.2, 0) is 4.79 Å². The fraction of sp³-hybridized carbons (Fsp3) is 0.889. The van der Waals surface area contributed by atoms with Crippen molar-refractivity contribution in [2.45, 2.75) is 40.7 Å². The SMILES string of the molecule is CC(=O)C(C)C(O)C(C)(C)C. The van der Waals surface area contributed by atoms with Gasteiger partial charge in [0.2, 0.25) is 0 Å². The van der Waals surface area contributed by atoms with E-state index in [4.69, 9.17) is 0 Å². The van der Waals surface area contributed by atoms with Gasteiger partial charge in [0.1, 0.15) is 5.78 Å². The average Bonchev–Trinajstić information content (AvgIpc) is 1.82. The standard InChI is InChI=1S/C9H18O2/c1-6(7(2)10)8(11)9(3,4)5/h6,8,11H,1-5H3. The normalized spacial score (nSPS) is 17.6. The number of hydrogen-bond acceptors (Lipinski definition) is 2. The summed E-state index contributed by atoms with van der Waals surface area (Å²) in [5.41, 5.74) is -0.203. The highest BCUT2D eigenvalue weighted by molar-refractivity contribution is 5.78. The molecule has 0 saturated carbocycles. The third-order valence-corrected chi connectivity index (χ3v) is 2.00. The van der Waals surface area contributed by atoms with Gasteiger partial charge >= 0.3 is 0 Å². The van der Waals surface area contributed by atoms with Gasteiger partial charge in [0.05, 0.1) is 6.10 Å². The molecule has 0 spiro atoms. The molecular weight excluding hydrogens is 140 g/mol. The maximum atomic E-state index is 10.9. The largest absolute Gasteiger partial charge is 0.392 e. The van der Waals surface area contributed by atoms with E-state index in [-0.39, 0.29) is 17.1 Å². The summed E-state index contributed by atoms with van der Waals surface area (Å²) in [5, 5.41) is 9.60. The summed E-state index contributed by atoms with van der Waals surface area (Å²) in [5.74, 6) is -0.206. The molecule has 2 atom stereocenters. The molecule has 0 aromatic carbocycles. The lowest BCUT2D eigenvalue weighted by molar-refractivity contribution is -0.126. The highest BCUT2D eigenvalue weighted by Crippen LogP contribution is 2.25. The Kier molecular flexibility index (Phi) is 3.24. The Hall–Kier alpha value is -0.370. The van der Waals surface area contributed by atoms with E-state index in [1.54, 1.807) is 6.92 Å². The second-order valence-electron chi connectivity index (χ2n) is 4.21. The minimum absolute atomic E-state index is 0.0485. The zero-order valence-corrected chi connectivity index (χ0v) is 8.01. The number of aliphatic hydroxyl groups excluding tert-OH is 1. The molecule has 0 aliphatic carbocycles. The number of ketones is 1. The van der Waals surface area contributed by atoms with Crippen LogP contribution in [0.5, 0.6) is 0 Å². The topological polar surface area (TPSA) is 37.3 Å². The minimum atomic E-state index is -0.542. The van der Waals surface area contributed by atoms with Gasteiger partial charge in [0.15, 0.2) is 0 Å². The van der Waals surface area contributed by atoms with Gasteiger partial charge in [-0.25, -0.2) is 0 Å². The lowest BCUT2D eigenvalue weighted by atomic mass is 9.81. The first kappa shape index (κ1) is 10.6. The molecule has 2 nitrogen and oxygen atoms in total. The molecule has 0 rings (SSSR count). The van der Waals surface area contributed by atoms with Crippen LogP contribution >= 0.6 is 0 Å². The van der Waals surface area contributed by atoms with Crippen molar-refractivity contribution >= 4 is 5.78 Å². The van der Waals surface area contributed by atoms with Crippen LogP contribution in [-0.4, -0.2) is 17.0 Å². The Balaban J connectivity index is 4.25. The average molecular weight is 158 g/mol. The molecule has 2 unspecified atom stereocenters. The van der Waals surface area contributed by atoms with Crippen LogP contribution in [0, 0.1) is 11.3 Å². The van der Waals surface area contributed by atoms with E-state index in [0.717, 1.165) is 0 Å². The van der Waals surface area contributed by atoms with Gasteiger partial charge in [-0.05, 0) is 12.3 Å². The van der Waals surface area contributed by atoms with Crippen molar-refractivity contribution in [1.29, 1.82) is 0 Å². The molecule has 0 amide bonds. The summed E-state index contributed by atoms with van der Waals surface area (Å²) in [4.78, 5) is 10.9. The van der Waals surface area contributed by atoms with Gasteiger partial charge in [-0.2, -0.15) is 0 Å². The summed E-state index contributed by atoms with van der Waals surface area (Å²) >= 11 is 0. The molecule has 2 heteroatoms. The molecule has 0 heterocycles. The first-order valence-electron chi connectivity index (χ1n) is 3.95. The molecule has 0 aromatic heterocycles. The fourth-order valence-electron chi connectivity index (χ4n) is 0.972. The Bertz CT molecular complexity index is 144. The van der Waals surface area contributed by atoms with Crippen molar-refractivity contribution in [3.8, 4) is 0 Å². The zero-order chi connectivity index (χ0) is 9.23. The van der Waals surface area contributed by atoms with Crippen LogP contribution in [0.15, 0.2) is 0 Å². The van der Waals surface area contributed by atoms with Crippen molar-refractivity contribution in [1.82, 2.24) is 0 Å².